The summed E-state index contributed by atoms with van der Waals surface area (Å²) in [4.78, 5) is 106. The summed E-state index contributed by atoms with van der Waals surface area (Å²) in [6.07, 6.45) is 0.629. The number of rotatable bonds is 28. The summed E-state index contributed by atoms with van der Waals surface area (Å²) in [7, 11) is 0. The van der Waals surface area contributed by atoms with Crippen LogP contribution in [-0.2, 0) is 44.8 Å². The third-order valence-electron chi connectivity index (χ3n) is 8.38. The second kappa shape index (κ2) is 26.4. The van der Waals surface area contributed by atoms with E-state index in [0.29, 0.717) is 12.2 Å². The topological polar surface area (TPSA) is 354 Å². The Morgan fingerprint density at radius 1 is 0.684 bits per heavy atom. The first-order valence-electron chi connectivity index (χ1n) is 18.4. The van der Waals surface area contributed by atoms with Gasteiger partial charge >= 0.3 is 11.9 Å². The molecule has 21 heteroatoms. The van der Waals surface area contributed by atoms with Crippen molar-refractivity contribution in [3.8, 4) is 0 Å². The number of nitrogens with zero attached hydrogens (tertiary/aromatic N) is 1. The second-order valence-electron chi connectivity index (χ2n) is 13.7. The van der Waals surface area contributed by atoms with Gasteiger partial charge < -0.3 is 59.7 Å². The number of thioether (sulfide) groups is 1. The number of guanidine groups is 1. The maximum Gasteiger partial charge on any atom is 0.326 e. The van der Waals surface area contributed by atoms with E-state index in [0.717, 1.165) is 5.56 Å². The average Bonchev–Trinajstić information content (AvgIpc) is 3.13. The monoisotopic (exact) mass is 822 g/mol. The molecule has 0 aliphatic rings. The number of hydrogen-bond donors (Lipinski definition) is 11. The Labute approximate surface area is 335 Å². The predicted octanol–water partition coefficient (Wildman–Crippen LogP) is -1.95. The zero-order chi connectivity index (χ0) is 43.1. The highest BCUT2D eigenvalue weighted by atomic mass is 32.2. The van der Waals surface area contributed by atoms with Gasteiger partial charge in [0, 0.05) is 25.8 Å². The Morgan fingerprint density at radius 2 is 1.19 bits per heavy atom. The molecular weight excluding hydrogens is 765 g/mol. The van der Waals surface area contributed by atoms with Gasteiger partial charge in [0.2, 0.25) is 35.4 Å². The van der Waals surface area contributed by atoms with Gasteiger partial charge in [-0.3, -0.25) is 38.6 Å². The Balaban J connectivity index is 3.41. The molecule has 1 aromatic rings. The summed E-state index contributed by atoms with van der Waals surface area (Å²) >= 11 is 1.51. The van der Waals surface area contributed by atoms with E-state index >= 15 is 0 Å². The summed E-state index contributed by atoms with van der Waals surface area (Å²) < 4.78 is 0. The van der Waals surface area contributed by atoms with Gasteiger partial charge in [0.1, 0.15) is 30.2 Å². The van der Waals surface area contributed by atoms with E-state index in [1.165, 1.54) is 11.8 Å². The van der Waals surface area contributed by atoms with Gasteiger partial charge in [0.05, 0.1) is 6.04 Å². The van der Waals surface area contributed by atoms with Crippen molar-refractivity contribution in [2.45, 2.75) is 108 Å². The SMILES string of the molecule is CSCC[C@H](N)C(=O)N[C@@H](Cc1ccccc1)C(=O)N[C@@H](CC(C)C)C(=O)N[C@@H](CCCN=C(N)N)C(=O)N[C@@H](CCC(=O)O)C(=O)N[C@@H](CCC(N)=O)C(=O)O. The van der Waals surface area contributed by atoms with Crippen molar-refractivity contribution in [2.24, 2.45) is 33.8 Å². The van der Waals surface area contributed by atoms with E-state index in [1.807, 2.05) is 6.26 Å². The minimum atomic E-state index is -1.59. The zero-order valence-corrected chi connectivity index (χ0v) is 33.3. The van der Waals surface area contributed by atoms with E-state index < -0.39 is 96.5 Å². The molecule has 0 fully saturated rings. The molecule has 0 bridgehead atoms. The molecular formula is C36H58N10O10S. The van der Waals surface area contributed by atoms with Crippen molar-refractivity contribution in [3.05, 3.63) is 35.9 Å². The van der Waals surface area contributed by atoms with Crippen LogP contribution in [0.25, 0.3) is 0 Å². The number of nitrogens with one attached hydrogen (secondary N) is 5. The number of carboxylic acid groups (broad SMARTS) is 2. The van der Waals surface area contributed by atoms with Crippen LogP contribution in [0.4, 0.5) is 0 Å². The first kappa shape index (κ1) is 49.6. The summed E-state index contributed by atoms with van der Waals surface area (Å²) in [6, 6.07) is 1.08. The zero-order valence-electron chi connectivity index (χ0n) is 32.5. The molecule has 57 heavy (non-hydrogen) atoms. The molecule has 0 aliphatic heterocycles. The summed E-state index contributed by atoms with van der Waals surface area (Å²) in [5, 5.41) is 31.5. The average molecular weight is 823 g/mol. The number of carbonyl (C=O) groups excluding carboxylic acids is 6. The van der Waals surface area contributed by atoms with Crippen LogP contribution in [0.2, 0.25) is 0 Å². The molecule has 0 heterocycles. The third kappa shape index (κ3) is 20.9. The Bertz CT molecular complexity index is 1540. The van der Waals surface area contributed by atoms with E-state index in [1.54, 1.807) is 44.2 Å². The summed E-state index contributed by atoms with van der Waals surface area (Å²) in [6.45, 7) is 3.65. The van der Waals surface area contributed by atoms with Gasteiger partial charge in [-0.25, -0.2) is 4.79 Å². The number of primary amides is 1. The highest BCUT2D eigenvalue weighted by Gasteiger charge is 2.33. The van der Waals surface area contributed by atoms with Crippen molar-refractivity contribution in [1.29, 1.82) is 0 Å². The van der Waals surface area contributed by atoms with Crippen molar-refractivity contribution < 1.29 is 48.6 Å². The van der Waals surface area contributed by atoms with Crippen LogP contribution in [0.3, 0.4) is 0 Å². The lowest BCUT2D eigenvalue weighted by Crippen LogP contribution is -2.59. The van der Waals surface area contributed by atoms with Crippen LogP contribution >= 0.6 is 11.8 Å². The number of carboxylic acids is 2. The molecule has 1 rings (SSSR count). The maximum atomic E-state index is 13.9. The number of nitrogens with two attached hydrogens (primary N) is 4. The lowest BCUT2D eigenvalue weighted by atomic mass is 10.00. The van der Waals surface area contributed by atoms with Gasteiger partial charge in [0.25, 0.3) is 0 Å². The second-order valence-corrected chi connectivity index (χ2v) is 14.7. The number of hydrogen-bond acceptors (Lipinski definition) is 11. The van der Waals surface area contributed by atoms with Gasteiger partial charge in [-0.2, -0.15) is 11.8 Å². The van der Waals surface area contributed by atoms with Crippen LogP contribution in [0, 0.1) is 5.92 Å². The molecule has 0 radical (unpaired) electrons. The van der Waals surface area contributed by atoms with Crippen molar-refractivity contribution in [1.82, 2.24) is 26.6 Å². The molecule has 318 valence electrons. The number of aliphatic carboxylic acids is 2. The Morgan fingerprint density at radius 3 is 1.72 bits per heavy atom. The van der Waals surface area contributed by atoms with Gasteiger partial charge in [-0.05, 0) is 62.0 Å². The molecule has 6 amide bonds. The fourth-order valence-electron chi connectivity index (χ4n) is 5.36. The van der Waals surface area contributed by atoms with Crippen molar-refractivity contribution in [2.75, 3.05) is 18.6 Å². The normalized spacial score (nSPS) is 14.1. The molecule has 0 spiro atoms. The number of aliphatic imine (C=N–C) groups is 1. The van der Waals surface area contributed by atoms with Crippen molar-refractivity contribution in [3.63, 3.8) is 0 Å². The number of amides is 6. The van der Waals surface area contributed by atoms with Crippen LogP contribution < -0.4 is 49.5 Å². The highest BCUT2D eigenvalue weighted by molar-refractivity contribution is 7.98. The predicted molar refractivity (Wildman–Crippen MR) is 213 cm³/mol. The molecule has 0 unspecified atom stereocenters. The lowest BCUT2D eigenvalue weighted by molar-refractivity contribution is -0.143. The summed E-state index contributed by atoms with van der Waals surface area (Å²) in [5.41, 5.74) is 22.8. The van der Waals surface area contributed by atoms with E-state index in [4.69, 9.17) is 22.9 Å². The minimum Gasteiger partial charge on any atom is -0.481 e. The van der Waals surface area contributed by atoms with E-state index in [2.05, 4.69) is 31.6 Å². The molecule has 20 nitrogen and oxygen atoms in total. The van der Waals surface area contributed by atoms with E-state index in [-0.39, 0.29) is 56.9 Å². The molecule has 1 aromatic carbocycles. The highest BCUT2D eigenvalue weighted by Crippen LogP contribution is 2.11. The lowest BCUT2D eigenvalue weighted by Gasteiger charge is -2.28. The van der Waals surface area contributed by atoms with E-state index in [9.17, 15) is 48.6 Å². The van der Waals surface area contributed by atoms with Crippen LogP contribution in [0.5, 0.6) is 0 Å². The third-order valence-corrected chi connectivity index (χ3v) is 9.02. The maximum absolute atomic E-state index is 13.9. The summed E-state index contributed by atoms with van der Waals surface area (Å²) in [5.74, 6) is -7.42. The van der Waals surface area contributed by atoms with Gasteiger partial charge in [0.15, 0.2) is 5.96 Å². The largest absolute Gasteiger partial charge is 0.481 e. The molecule has 0 aromatic heterocycles. The smallest absolute Gasteiger partial charge is 0.326 e. The fourth-order valence-corrected chi connectivity index (χ4v) is 5.85. The molecule has 0 saturated carbocycles. The van der Waals surface area contributed by atoms with Crippen LogP contribution in [0.1, 0.15) is 70.8 Å². The van der Waals surface area contributed by atoms with Crippen LogP contribution in [-0.4, -0.2) is 118 Å². The van der Waals surface area contributed by atoms with Crippen molar-refractivity contribution >= 4 is 65.1 Å². The van der Waals surface area contributed by atoms with Gasteiger partial charge in [-0.1, -0.05) is 44.2 Å². The quantitative estimate of drug-likeness (QED) is 0.0249. The number of carbonyl (C=O) groups is 8. The standard InChI is InChI=1S/C36H58N10O10S/c1-20(2)18-26(46-34(54)27(19-21-8-5-4-6-9-21)45-30(50)22(37)15-17-57-3)33(53)42-23(10-7-16-41-36(39)40)31(51)43-24(12-14-29(48)49)32(52)44-25(35(55)56)11-13-28(38)47/h4-6,8-9,20,22-27H,7,10-19,37H2,1-3H3,(H2,38,47)(H,42,53)(H,43,51)(H,44,52)(H,45,50)(H,46,54)(H,48,49)(H,55,56)(H4,39,40,41)/t22-,23-,24-,25-,26-,27-/m0/s1. The molecule has 0 aliphatic carbocycles. The number of benzene rings is 1. The Hall–Kier alpha value is -5.44. The van der Waals surface area contributed by atoms with Gasteiger partial charge in [-0.15, -0.1) is 0 Å². The molecule has 6 atom stereocenters. The molecule has 15 N–H and O–H groups in total. The minimum absolute atomic E-state index is 0.0389. The molecule has 0 saturated heterocycles. The first-order chi connectivity index (χ1) is 26.8. The Kier molecular flexibility index (Phi) is 23.0. The first-order valence-corrected chi connectivity index (χ1v) is 19.8. The van der Waals surface area contributed by atoms with Crippen LogP contribution in [0.15, 0.2) is 35.3 Å². The fraction of sp³-hybridized carbons (Fsp3) is 0.583.